The molecule has 1 aromatic rings. The van der Waals surface area contributed by atoms with Crippen molar-refractivity contribution >= 4 is 6.09 Å². The first kappa shape index (κ1) is 12.9. The molecule has 1 amide bonds. The van der Waals surface area contributed by atoms with Gasteiger partial charge in [0.25, 0.3) is 0 Å². The SMILES string of the molecule is CC(C)(C)OC(=O)N[C@@H]1COCc2ccccc21. The Kier molecular flexibility index (Phi) is 3.57. The fraction of sp³-hybridized carbons (Fsp3) is 0.500. The highest BCUT2D eigenvalue weighted by Gasteiger charge is 2.24. The molecule has 0 bridgehead atoms. The first-order valence-corrected chi connectivity index (χ1v) is 6.11. The minimum Gasteiger partial charge on any atom is -0.444 e. The smallest absolute Gasteiger partial charge is 0.408 e. The molecule has 0 spiro atoms. The fourth-order valence-corrected chi connectivity index (χ4v) is 1.95. The highest BCUT2D eigenvalue weighted by atomic mass is 16.6. The minimum absolute atomic E-state index is 0.134. The average molecular weight is 249 g/mol. The Morgan fingerprint density at radius 3 is 2.83 bits per heavy atom. The second kappa shape index (κ2) is 4.98. The number of carbonyl (C=O) groups excluding carboxylic acids is 1. The molecular formula is C14H19NO3. The number of ether oxygens (including phenoxy) is 2. The second-order valence-corrected chi connectivity index (χ2v) is 5.41. The van der Waals surface area contributed by atoms with E-state index in [2.05, 4.69) is 5.32 Å². The van der Waals surface area contributed by atoms with Crippen LogP contribution in [0.5, 0.6) is 0 Å². The van der Waals surface area contributed by atoms with Gasteiger partial charge in [-0.2, -0.15) is 0 Å². The Labute approximate surface area is 107 Å². The number of benzene rings is 1. The van der Waals surface area contributed by atoms with Crippen molar-refractivity contribution in [3.63, 3.8) is 0 Å². The largest absolute Gasteiger partial charge is 0.444 e. The normalized spacial score (nSPS) is 18.9. The zero-order valence-electron chi connectivity index (χ0n) is 11.0. The van der Waals surface area contributed by atoms with E-state index in [0.29, 0.717) is 13.2 Å². The maximum Gasteiger partial charge on any atom is 0.408 e. The third-order valence-electron chi connectivity index (χ3n) is 2.66. The van der Waals surface area contributed by atoms with Crippen molar-refractivity contribution in [3.8, 4) is 0 Å². The zero-order valence-corrected chi connectivity index (χ0v) is 11.0. The van der Waals surface area contributed by atoms with E-state index in [1.54, 1.807) is 0 Å². The molecule has 0 fully saturated rings. The van der Waals surface area contributed by atoms with E-state index in [9.17, 15) is 4.79 Å². The molecule has 0 aromatic heterocycles. The van der Waals surface area contributed by atoms with Gasteiger partial charge in [0, 0.05) is 0 Å². The number of nitrogens with one attached hydrogen (secondary N) is 1. The minimum atomic E-state index is -0.487. The number of hydrogen-bond donors (Lipinski definition) is 1. The lowest BCUT2D eigenvalue weighted by Gasteiger charge is -2.28. The van der Waals surface area contributed by atoms with Crippen molar-refractivity contribution in [3.05, 3.63) is 35.4 Å². The summed E-state index contributed by atoms with van der Waals surface area (Å²) in [4.78, 5) is 11.7. The lowest BCUT2D eigenvalue weighted by atomic mass is 9.99. The first-order chi connectivity index (χ1) is 8.46. The summed E-state index contributed by atoms with van der Waals surface area (Å²) in [6.07, 6.45) is -0.409. The molecule has 1 heterocycles. The lowest BCUT2D eigenvalue weighted by Crippen LogP contribution is -2.38. The summed E-state index contributed by atoms with van der Waals surface area (Å²) in [7, 11) is 0. The number of amides is 1. The summed E-state index contributed by atoms with van der Waals surface area (Å²) >= 11 is 0. The molecule has 0 radical (unpaired) electrons. The summed E-state index contributed by atoms with van der Waals surface area (Å²) in [5.41, 5.74) is 1.73. The number of carbonyl (C=O) groups is 1. The molecule has 4 heteroatoms. The van der Waals surface area contributed by atoms with E-state index >= 15 is 0 Å². The second-order valence-electron chi connectivity index (χ2n) is 5.41. The van der Waals surface area contributed by atoms with Crippen molar-refractivity contribution in [1.82, 2.24) is 5.32 Å². The van der Waals surface area contributed by atoms with Gasteiger partial charge < -0.3 is 14.8 Å². The Morgan fingerprint density at radius 2 is 2.11 bits per heavy atom. The molecule has 1 aromatic carbocycles. The van der Waals surface area contributed by atoms with Gasteiger partial charge in [0.2, 0.25) is 0 Å². The molecule has 1 N–H and O–H groups in total. The Bertz CT molecular complexity index is 437. The zero-order chi connectivity index (χ0) is 13.2. The number of fused-ring (bicyclic) bond motifs is 1. The van der Waals surface area contributed by atoms with Crippen molar-refractivity contribution in [2.24, 2.45) is 0 Å². The predicted molar refractivity (Wildman–Crippen MR) is 68.2 cm³/mol. The molecular weight excluding hydrogens is 230 g/mol. The highest BCUT2D eigenvalue weighted by Crippen LogP contribution is 2.24. The Hall–Kier alpha value is -1.55. The summed E-state index contributed by atoms with van der Waals surface area (Å²) in [5.74, 6) is 0. The van der Waals surface area contributed by atoms with Gasteiger partial charge in [0.1, 0.15) is 5.60 Å². The molecule has 98 valence electrons. The van der Waals surface area contributed by atoms with Crippen LogP contribution in [0.4, 0.5) is 4.79 Å². The van der Waals surface area contributed by atoms with Crippen molar-refractivity contribution in [2.45, 2.75) is 39.0 Å². The van der Waals surface area contributed by atoms with Crippen molar-refractivity contribution in [1.29, 1.82) is 0 Å². The van der Waals surface area contributed by atoms with E-state index in [1.165, 1.54) is 0 Å². The molecule has 0 unspecified atom stereocenters. The van der Waals surface area contributed by atoms with Crippen LogP contribution in [0, 0.1) is 0 Å². The molecule has 18 heavy (non-hydrogen) atoms. The highest BCUT2D eigenvalue weighted by molar-refractivity contribution is 5.68. The Balaban J connectivity index is 2.05. The monoisotopic (exact) mass is 249 g/mol. The van der Waals surface area contributed by atoms with E-state index in [0.717, 1.165) is 11.1 Å². The van der Waals surface area contributed by atoms with Gasteiger partial charge in [-0.1, -0.05) is 24.3 Å². The standard InChI is InChI=1S/C14H19NO3/c1-14(2,3)18-13(16)15-12-9-17-8-10-6-4-5-7-11(10)12/h4-7,12H,8-9H2,1-3H3,(H,15,16)/t12-/m1/s1. The maximum atomic E-state index is 11.7. The van der Waals surface area contributed by atoms with Crippen molar-refractivity contribution in [2.75, 3.05) is 6.61 Å². The lowest BCUT2D eigenvalue weighted by molar-refractivity contribution is 0.0390. The predicted octanol–water partition coefficient (Wildman–Crippen LogP) is 2.78. The van der Waals surface area contributed by atoms with Gasteiger partial charge in [-0.15, -0.1) is 0 Å². The van der Waals surface area contributed by atoms with Crippen LogP contribution in [0.2, 0.25) is 0 Å². The van der Waals surface area contributed by atoms with E-state index < -0.39 is 11.7 Å². The van der Waals surface area contributed by atoms with Gasteiger partial charge in [-0.05, 0) is 31.9 Å². The van der Waals surface area contributed by atoms with Crippen LogP contribution in [0.15, 0.2) is 24.3 Å². The maximum absolute atomic E-state index is 11.7. The van der Waals surface area contributed by atoms with Gasteiger partial charge in [0.15, 0.2) is 0 Å². The quantitative estimate of drug-likeness (QED) is 0.832. The van der Waals surface area contributed by atoms with Crippen LogP contribution in [0.25, 0.3) is 0 Å². The third-order valence-corrected chi connectivity index (χ3v) is 2.66. The summed E-state index contributed by atoms with van der Waals surface area (Å²) < 4.78 is 10.7. The van der Waals surface area contributed by atoms with Gasteiger partial charge in [0.05, 0.1) is 19.3 Å². The van der Waals surface area contributed by atoms with Crippen LogP contribution in [-0.4, -0.2) is 18.3 Å². The topological polar surface area (TPSA) is 47.6 Å². The summed E-state index contributed by atoms with van der Waals surface area (Å²) in [6, 6.07) is 7.83. The fourth-order valence-electron chi connectivity index (χ4n) is 1.95. The average Bonchev–Trinajstić information content (AvgIpc) is 2.27. The summed E-state index contributed by atoms with van der Waals surface area (Å²) in [5, 5.41) is 2.85. The molecule has 0 saturated heterocycles. The van der Waals surface area contributed by atoms with Crippen LogP contribution < -0.4 is 5.32 Å². The number of rotatable bonds is 1. The molecule has 0 aliphatic carbocycles. The van der Waals surface area contributed by atoms with Crippen LogP contribution >= 0.6 is 0 Å². The van der Waals surface area contributed by atoms with E-state index in [4.69, 9.17) is 9.47 Å². The molecule has 1 atom stereocenters. The van der Waals surface area contributed by atoms with Gasteiger partial charge in [-0.25, -0.2) is 4.79 Å². The van der Waals surface area contributed by atoms with Crippen LogP contribution in [0.3, 0.4) is 0 Å². The first-order valence-electron chi connectivity index (χ1n) is 6.11. The molecule has 1 aliphatic heterocycles. The Morgan fingerprint density at radius 1 is 1.39 bits per heavy atom. The van der Waals surface area contributed by atoms with E-state index in [-0.39, 0.29) is 6.04 Å². The molecule has 0 saturated carbocycles. The molecule has 1 aliphatic rings. The van der Waals surface area contributed by atoms with E-state index in [1.807, 2.05) is 45.0 Å². The molecule has 4 nitrogen and oxygen atoms in total. The third kappa shape index (κ3) is 3.23. The number of hydrogen-bond acceptors (Lipinski definition) is 3. The van der Waals surface area contributed by atoms with Gasteiger partial charge in [-0.3, -0.25) is 0 Å². The summed E-state index contributed by atoms with van der Waals surface area (Å²) in [6.45, 7) is 6.62. The van der Waals surface area contributed by atoms with Crippen molar-refractivity contribution < 1.29 is 14.3 Å². The van der Waals surface area contributed by atoms with Gasteiger partial charge >= 0.3 is 6.09 Å². The number of alkyl carbamates (subject to hydrolysis) is 1. The van der Waals surface area contributed by atoms with Crippen LogP contribution in [-0.2, 0) is 16.1 Å². The van der Waals surface area contributed by atoms with Crippen LogP contribution in [0.1, 0.15) is 37.9 Å². The molecule has 2 rings (SSSR count).